The molecule has 0 aliphatic carbocycles. The van der Waals surface area contributed by atoms with Gasteiger partial charge in [-0.25, -0.2) is 13.4 Å². The minimum atomic E-state index is -3.23. The Morgan fingerprint density at radius 2 is 2.21 bits per heavy atom. The summed E-state index contributed by atoms with van der Waals surface area (Å²) in [6.07, 6.45) is 1.57. The molecule has 4 nitrogen and oxygen atoms in total. The van der Waals surface area contributed by atoms with Gasteiger partial charge in [0.2, 0.25) is 10.0 Å². The SMILES string of the molecule is CCS(=O)(=O)Nc1cc(C)c(Br)cn1. The molecule has 0 aliphatic heterocycles. The van der Waals surface area contributed by atoms with E-state index in [9.17, 15) is 8.42 Å². The molecule has 1 heterocycles. The molecule has 0 bridgehead atoms. The van der Waals surface area contributed by atoms with Gasteiger partial charge in [-0.3, -0.25) is 4.72 Å². The molecule has 1 aromatic rings. The molecular formula is C8H11BrN2O2S. The second-order valence-corrected chi connectivity index (χ2v) is 5.69. The Bertz CT molecular complexity index is 431. The average Bonchev–Trinajstić information content (AvgIpc) is 2.11. The maximum absolute atomic E-state index is 11.2. The molecule has 1 rings (SSSR count). The van der Waals surface area contributed by atoms with Gasteiger partial charge < -0.3 is 0 Å². The molecule has 6 heteroatoms. The minimum Gasteiger partial charge on any atom is -0.267 e. The highest BCUT2D eigenvalue weighted by molar-refractivity contribution is 9.10. The van der Waals surface area contributed by atoms with Crippen LogP contribution in [0.3, 0.4) is 0 Å². The van der Waals surface area contributed by atoms with E-state index in [0.29, 0.717) is 5.82 Å². The number of rotatable bonds is 3. The fourth-order valence-corrected chi connectivity index (χ4v) is 1.62. The summed E-state index contributed by atoms with van der Waals surface area (Å²) >= 11 is 3.29. The number of sulfonamides is 1. The molecule has 0 unspecified atom stereocenters. The van der Waals surface area contributed by atoms with Crippen molar-refractivity contribution < 1.29 is 8.42 Å². The number of halogens is 1. The largest absolute Gasteiger partial charge is 0.267 e. The van der Waals surface area contributed by atoms with E-state index in [2.05, 4.69) is 25.6 Å². The Balaban J connectivity index is 2.94. The first-order valence-corrected chi connectivity index (χ1v) is 6.52. The van der Waals surface area contributed by atoms with Crippen LogP contribution in [0.5, 0.6) is 0 Å². The highest BCUT2D eigenvalue weighted by Gasteiger charge is 2.07. The van der Waals surface area contributed by atoms with E-state index >= 15 is 0 Å². The van der Waals surface area contributed by atoms with E-state index in [1.807, 2.05) is 6.92 Å². The Morgan fingerprint density at radius 3 is 2.71 bits per heavy atom. The van der Waals surface area contributed by atoms with Gasteiger partial charge >= 0.3 is 0 Å². The lowest BCUT2D eigenvalue weighted by Gasteiger charge is -2.06. The molecule has 14 heavy (non-hydrogen) atoms. The van der Waals surface area contributed by atoms with Crippen molar-refractivity contribution in [2.75, 3.05) is 10.5 Å². The lowest BCUT2D eigenvalue weighted by atomic mass is 10.3. The molecule has 1 aromatic heterocycles. The first-order chi connectivity index (χ1) is 6.44. The average molecular weight is 279 g/mol. The summed E-state index contributed by atoms with van der Waals surface area (Å²) in [5.74, 6) is 0.400. The smallest absolute Gasteiger partial charge is 0.233 e. The Kier molecular flexibility index (Phi) is 3.49. The van der Waals surface area contributed by atoms with Gasteiger partial charge in [0, 0.05) is 10.7 Å². The molecular weight excluding hydrogens is 268 g/mol. The lowest BCUT2D eigenvalue weighted by molar-refractivity contribution is 0.602. The minimum absolute atomic E-state index is 0.0454. The van der Waals surface area contributed by atoms with E-state index in [4.69, 9.17) is 0 Å². The Hall–Kier alpha value is -0.620. The van der Waals surface area contributed by atoms with Crippen LogP contribution in [-0.4, -0.2) is 19.2 Å². The van der Waals surface area contributed by atoms with E-state index in [-0.39, 0.29) is 5.75 Å². The molecule has 0 saturated carbocycles. The van der Waals surface area contributed by atoms with Crippen molar-refractivity contribution >= 4 is 31.8 Å². The first kappa shape index (κ1) is 11.5. The highest BCUT2D eigenvalue weighted by Crippen LogP contribution is 2.17. The maximum Gasteiger partial charge on any atom is 0.233 e. The fraction of sp³-hybridized carbons (Fsp3) is 0.375. The quantitative estimate of drug-likeness (QED) is 0.919. The van der Waals surface area contributed by atoms with E-state index in [0.717, 1.165) is 10.0 Å². The maximum atomic E-state index is 11.2. The van der Waals surface area contributed by atoms with Crippen LogP contribution >= 0.6 is 15.9 Å². The predicted octanol–water partition coefficient (Wildman–Crippen LogP) is 1.91. The highest BCUT2D eigenvalue weighted by atomic mass is 79.9. The summed E-state index contributed by atoms with van der Waals surface area (Å²) in [5.41, 5.74) is 0.939. The number of nitrogens with zero attached hydrogens (tertiary/aromatic N) is 1. The van der Waals surface area contributed by atoms with Gasteiger partial charge in [0.1, 0.15) is 5.82 Å². The summed E-state index contributed by atoms with van der Waals surface area (Å²) in [5, 5.41) is 0. The number of pyridine rings is 1. The second-order valence-electron chi connectivity index (χ2n) is 2.82. The van der Waals surface area contributed by atoms with Crippen LogP contribution in [0.2, 0.25) is 0 Å². The molecule has 0 saturated heterocycles. The zero-order chi connectivity index (χ0) is 10.8. The van der Waals surface area contributed by atoms with Crippen LogP contribution in [-0.2, 0) is 10.0 Å². The summed E-state index contributed by atoms with van der Waals surface area (Å²) in [6, 6.07) is 1.68. The van der Waals surface area contributed by atoms with Gasteiger partial charge in [0.25, 0.3) is 0 Å². The second kappa shape index (κ2) is 4.27. The van der Waals surface area contributed by atoms with Gasteiger partial charge in [-0.1, -0.05) is 0 Å². The number of nitrogens with one attached hydrogen (secondary N) is 1. The normalized spacial score (nSPS) is 11.4. The molecule has 0 radical (unpaired) electrons. The fourth-order valence-electron chi connectivity index (χ4n) is 0.827. The van der Waals surface area contributed by atoms with Crippen LogP contribution in [0.4, 0.5) is 5.82 Å². The van der Waals surface area contributed by atoms with Crippen molar-refractivity contribution in [1.82, 2.24) is 4.98 Å². The summed E-state index contributed by atoms with van der Waals surface area (Å²) in [7, 11) is -3.23. The molecule has 0 amide bonds. The number of anilines is 1. The van der Waals surface area contributed by atoms with E-state index < -0.39 is 10.0 Å². The molecule has 0 fully saturated rings. The van der Waals surface area contributed by atoms with E-state index in [1.54, 1.807) is 19.2 Å². The van der Waals surface area contributed by atoms with Crippen LogP contribution < -0.4 is 4.72 Å². The van der Waals surface area contributed by atoms with Gasteiger partial charge in [0.15, 0.2) is 0 Å². The van der Waals surface area contributed by atoms with Gasteiger partial charge in [0.05, 0.1) is 5.75 Å². The van der Waals surface area contributed by atoms with Gasteiger partial charge in [-0.05, 0) is 41.4 Å². The third kappa shape index (κ3) is 2.95. The van der Waals surface area contributed by atoms with Crippen LogP contribution in [0.25, 0.3) is 0 Å². The van der Waals surface area contributed by atoms with Crippen molar-refractivity contribution in [1.29, 1.82) is 0 Å². The van der Waals surface area contributed by atoms with Crippen LogP contribution in [0.15, 0.2) is 16.7 Å². The van der Waals surface area contributed by atoms with E-state index in [1.165, 1.54) is 0 Å². The standard InChI is InChI=1S/C8H11BrN2O2S/c1-3-14(12,13)11-8-4-6(2)7(9)5-10-8/h4-5H,3H2,1-2H3,(H,10,11). The first-order valence-electron chi connectivity index (χ1n) is 4.07. The van der Waals surface area contributed by atoms with Crippen molar-refractivity contribution in [3.05, 3.63) is 22.3 Å². The van der Waals surface area contributed by atoms with Crippen molar-refractivity contribution in [3.8, 4) is 0 Å². The Labute approximate surface area is 91.9 Å². The third-order valence-electron chi connectivity index (χ3n) is 1.69. The number of hydrogen-bond donors (Lipinski definition) is 1. The summed E-state index contributed by atoms with van der Waals surface area (Å²) < 4.78 is 25.6. The number of hydrogen-bond acceptors (Lipinski definition) is 3. The summed E-state index contributed by atoms with van der Waals surface area (Å²) in [4.78, 5) is 3.94. The molecule has 0 aromatic carbocycles. The number of aryl methyl sites for hydroxylation is 1. The molecule has 78 valence electrons. The summed E-state index contributed by atoms with van der Waals surface area (Å²) in [6.45, 7) is 3.45. The molecule has 0 atom stereocenters. The zero-order valence-electron chi connectivity index (χ0n) is 7.91. The topological polar surface area (TPSA) is 59.1 Å². The van der Waals surface area contributed by atoms with Gasteiger partial charge in [-0.15, -0.1) is 0 Å². The molecule has 0 aliphatic rings. The number of aromatic nitrogens is 1. The van der Waals surface area contributed by atoms with Crippen molar-refractivity contribution in [2.45, 2.75) is 13.8 Å². The van der Waals surface area contributed by atoms with Crippen LogP contribution in [0.1, 0.15) is 12.5 Å². The van der Waals surface area contributed by atoms with Gasteiger partial charge in [-0.2, -0.15) is 0 Å². The van der Waals surface area contributed by atoms with Crippen molar-refractivity contribution in [3.63, 3.8) is 0 Å². The Morgan fingerprint density at radius 1 is 1.57 bits per heavy atom. The molecule has 1 N–H and O–H groups in total. The monoisotopic (exact) mass is 278 g/mol. The lowest BCUT2D eigenvalue weighted by Crippen LogP contribution is -2.15. The third-order valence-corrected chi connectivity index (χ3v) is 3.80. The zero-order valence-corrected chi connectivity index (χ0v) is 10.3. The predicted molar refractivity (Wildman–Crippen MR) is 59.8 cm³/mol. The molecule has 0 spiro atoms. The van der Waals surface area contributed by atoms with Crippen molar-refractivity contribution in [2.24, 2.45) is 0 Å². The van der Waals surface area contributed by atoms with Crippen LogP contribution in [0, 0.1) is 6.92 Å².